The number of carbonyl (C=O) groups is 1. The second-order valence-corrected chi connectivity index (χ2v) is 6.11. The van der Waals surface area contributed by atoms with Gasteiger partial charge in [-0.2, -0.15) is 0 Å². The van der Waals surface area contributed by atoms with Crippen LogP contribution < -0.4 is 5.73 Å². The molecule has 1 spiro atoms. The predicted octanol–water partition coefficient (Wildman–Crippen LogP) is 1.11. The Balaban J connectivity index is 2.07. The normalized spacial score (nSPS) is 27.8. The number of rotatable bonds is 0. The maximum Gasteiger partial charge on any atom is 0.410 e. The lowest BCUT2D eigenvalue weighted by Crippen LogP contribution is -2.69. The molecule has 0 aliphatic carbocycles. The van der Waals surface area contributed by atoms with Gasteiger partial charge in [0.1, 0.15) is 5.60 Å². The summed E-state index contributed by atoms with van der Waals surface area (Å²) < 4.78 is 10.7. The molecule has 0 aromatic heterocycles. The van der Waals surface area contributed by atoms with Gasteiger partial charge in [0.05, 0.1) is 18.8 Å². The minimum atomic E-state index is -0.468. The Hall–Kier alpha value is -0.810. The van der Waals surface area contributed by atoms with Gasteiger partial charge in [0, 0.05) is 12.6 Å². The van der Waals surface area contributed by atoms with Gasteiger partial charge in [-0.15, -0.1) is 0 Å². The van der Waals surface area contributed by atoms with Gasteiger partial charge in [-0.1, -0.05) is 0 Å². The van der Waals surface area contributed by atoms with Crippen LogP contribution in [0.4, 0.5) is 4.79 Å². The fourth-order valence-electron chi connectivity index (χ4n) is 2.33. The minimum Gasteiger partial charge on any atom is -0.444 e. The second kappa shape index (κ2) is 4.14. The molecule has 2 rings (SSSR count). The molecule has 2 heterocycles. The standard InChI is InChI=1S/C12H22N2O3/c1-11(2,3)17-10(15)14-6-9(13)4-5-12(14)7-16-8-12/h9H,4-8,13H2,1-3H3. The highest BCUT2D eigenvalue weighted by molar-refractivity contribution is 5.69. The number of piperidine rings is 1. The van der Waals surface area contributed by atoms with Crippen LogP contribution in [0.5, 0.6) is 0 Å². The van der Waals surface area contributed by atoms with Crippen molar-refractivity contribution < 1.29 is 14.3 Å². The smallest absolute Gasteiger partial charge is 0.410 e. The third kappa shape index (κ3) is 2.55. The van der Waals surface area contributed by atoms with Gasteiger partial charge in [0.25, 0.3) is 0 Å². The van der Waals surface area contributed by atoms with Crippen LogP contribution in [0.15, 0.2) is 0 Å². The summed E-state index contributed by atoms with van der Waals surface area (Å²) in [6.07, 6.45) is 1.59. The SMILES string of the molecule is CC(C)(C)OC(=O)N1CC(N)CCC12COC2. The second-order valence-electron chi connectivity index (χ2n) is 6.11. The lowest BCUT2D eigenvalue weighted by atomic mass is 9.83. The number of hydrogen-bond donors (Lipinski definition) is 1. The van der Waals surface area contributed by atoms with Crippen molar-refractivity contribution in [1.29, 1.82) is 0 Å². The Morgan fingerprint density at radius 2 is 2.12 bits per heavy atom. The van der Waals surface area contributed by atoms with E-state index in [-0.39, 0.29) is 17.7 Å². The van der Waals surface area contributed by atoms with Crippen molar-refractivity contribution in [3.05, 3.63) is 0 Å². The molecule has 0 saturated carbocycles. The molecule has 17 heavy (non-hydrogen) atoms. The Morgan fingerprint density at radius 3 is 2.59 bits per heavy atom. The van der Waals surface area contributed by atoms with Crippen LogP contribution in [0.2, 0.25) is 0 Å². The predicted molar refractivity (Wildman–Crippen MR) is 63.7 cm³/mol. The Morgan fingerprint density at radius 1 is 1.47 bits per heavy atom. The van der Waals surface area contributed by atoms with Gasteiger partial charge in [-0.05, 0) is 33.6 Å². The molecule has 1 atom stereocenters. The van der Waals surface area contributed by atoms with Gasteiger partial charge >= 0.3 is 6.09 Å². The molecule has 5 nitrogen and oxygen atoms in total. The van der Waals surface area contributed by atoms with Crippen LogP contribution in [-0.2, 0) is 9.47 Å². The number of likely N-dealkylation sites (tertiary alicyclic amines) is 1. The number of ether oxygens (including phenoxy) is 2. The van der Waals surface area contributed by atoms with E-state index in [9.17, 15) is 4.79 Å². The summed E-state index contributed by atoms with van der Waals surface area (Å²) in [5.74, 6) is 0. The number of hydrogen-bond acceptors (Lipinski definition) is 4. The van der Waals surface area contributed by atoms with Crippen LogP contribution >= 0.6 is 0 Å². The van der Waals surface area contributed by atoms with Crippen molar-refractivity contribution >= 4 is 6.09 Å². The summed E-state index contributed by atoms with van der Waals surface area (Å²) in [7, 11) is 0. The van der Waals surface area contributed by atoms with Gasteiger partial charge in [0.15, 0.2) is 0 Å². The molecule has 5 heteroatoms. The first-order valence-corrected chi connectivity index (χ1v) is 6.16. The van der Waals surface area contributed by atoms with Crippen molar-refractivity contribution in [2.24, 2.45) is 5.73 Å². The molecule has 1 amide bonds. The largest absolute Gasteiger partial charge is 0.444 e. The first-order chi connectivity index (χ1) is 7.82. The molecular formula is C12H22N2O3. The average Bonchev–Trinajstić information content (AvgIpc) is 2.12. The molecule has 0 radical (unpaired) electrons. The fourth-order valence-corrected chi connectivity index (χ4v) is 2.33. The maximum atomic E-state index is 12.2. The van der Waals surface area contributed by atoms with Crippen molar-refractivity contribution in [3.63, 3.8) is 0 Å². The lowest BCUT2D eigenvalue weighted by Gasteiger charge is -2.53. The maximum absolute atomic E-state index is 12.2. The molecule has 0 aromatic rings. The van der Waals surface area contributed by atoms with Crippen LogP contribution in [0.1, 0.15) is 33.6 Å². The lowest BCUT2D eigenvalue weighted by molar-refractivity contribution is -0.152. The van der Waals surface area contributed by atoms with E-state index in [1.807, 2.05) is 20.8 Å². The quantitative estimate of drug-likeness (QED) is 0.691. The Bertz CT molecular complexity index is 307. The van der Waals surface area contributed by atoms with Gasteiger partial charge in [-0.3, -0.25) is 4.90 Å². The summed E-state index contributed by atoms with van der Waals surface area (Å²) in [4.78, 5) is 13.9. The molecule has 2 aliphatic rings. The number of amides is 1. The fraction of sp³-hybridized carbons (Fsp3) is 0.917. The first kappa shape index (κ1) is 12.6. The zero-order valence-corrected chi connectivity index (χ0v) is 10.9. The van der Waals surface area contributed by atoms with E-state index < -0.39 is 5.60 Å². The first-order valence-electron chi connectivity index (χ1n) is 6.16. The van der Waals surface area contributed by atoms with Crippen molar-refractivity contribution in [3.8, 4) is 0 Å². The molecule has 0 bridgehead atoms. The molecule has 0 aromatic carbocycles. The summed E-state index contributed by atoms with van der Waals surface area (Å²) in [5.41, 5.74) is 5.31. The number of nitrogens with zero attached hydrogens (tertiary/aromatic N) is 1. The van der Waals surface area contributed by atoms with Gasteiger partial charge in [-0.25, -0.2) is 4.79 Å². The monoisotopic (exact) mass is 242 g/mol. The van der Waals surface area contributed by atoms with E-state index in [4.69, 9.17) is 15.2 Å². The molecular weight excluding hydrogens is 220 g/mol. The van der Waals surface area contributed by atoms with E-state index in [0.29, 0.717) is 19.8 Å². The van der Waals surface area contributed by atoms with Crippen molar-refractivity contribution in [2.75, 3.05) is 19.8 Å². The summed E-state index contributed by atoms with van der Waals surface area (Å²) >= 11 is 0. The van der Waals surface area contributed by atoms with Crippen LogP contribution in [0, 0.1) is 0 Å². The zero-order chi connectivity index (χ0) is 12.7. The average molecular weight is 242 g/mol. The summed E-state index contributed by atoms with van der Waals surface area (Å²) in [5, 5.41) is 0. The molecule has 2 fully saturated rings. The molecule has 2 saturated heterocycles. The van der Waals surface area contributed by atoms with Crippen LogP contribution in [-0.4, -0.2) is 47.9 Å². The summed E-state index contributed by atoms with van der Waals surface area (Å²) in [6, 6.07) is 0.0498. The number of nitrogens with two attached hydrogens (primary N) is 1. The highest BCUT2D eigenvalue weighted by Crippen LogP contribution is 2.35. The number of carbonyl (C=O) groups excluding carboxylic acids is 1. The third-order valence-electron chi connectivity index (χ3n) is 3.33. The van der Waals surface area contributed by atoms with E-state index >= 15 is 0 Å². The molecule has 1 unspecified atom stereocenters. The zero-order valence-electron chi connectivity index (χ0n) is 10.9. The van der Waals surface area contributed by atoms with E-state index in [0.717, 1.165) is 12.8 Å². The summed E-state index contributed by atoms with van der Waals surface area (Å²) in [6.45, 7) is 7.41. The van der Waals surface area contributed by atoms with Crippen molar-refractivity contribution in [1.82, 2.24) is 4.90 Å². The van der Waals surface area contributed by atoms with Crippen LogP contribution in [0.3, 0.4) is 0 Å². The Labute approximate surface area is 102 Å². The minimum absolute atomic E-state index is 0.0498. The van der Waals surface area contributed by atoms with E-state index in [2.05, 4.69) is 0 Å². The highest BCUT2D eigenvalue weighted by atomic mass is 16.6. The Kier molecular flexibility index (Phi) is 3.08. The van der Waals surface area contributed by atoms with Crippen molar-refractivity contribution in [2.45, 2.75) is 50.8 Å². The van der Waals surface area contributed by atoms with E-state index in [1.54, 1.807) is 4.90 Å². The van der Waals surface area contributed by atoms with E-state index in [1.165, 1.54) is 0 Å². The highest BCUT2D eigenvalue weighted by Gasteiger charge is 2.50. The van der Waals surface area contributed by atoms with Gasteiger partial charge in [0.2, 0.25) is 0 Å². The van der Waals surface area contributed by atoms with Gasteiger partial charge < -0.3 is 15.2 Å². The van der Waals surface area contributed by atoms with Crippen LogP contribution in [0.25, 0.3) is 0 Å². The molecule has 2 aliphatic heterocycles. The topological polar surface area (TPSA) is 64.8 Å². The molecule has 98 valence electrons. The third-order valence-corrected chi connectivity index (χ3v) is 3.33. The molecule has 2 N–H and O–H groups in total.